The maximum Gasteiger partial charge on any atom is 0.270 e. The van der Waals surface area contributed by atoms with Crippen LogP contribution in [0.5, 0.6) is 5.75 Å². The van der Waals surface area contributed by atoms with E-state index >= 15 is 0 Å². The van der Waals surface area contributed by atoms with Gasteiger partial charge in [-0.25, -0.2) is 9.97 Å². The van der Waals surface area contributed by atoms with Gasteiger partial charge in [0.15, 0.2) is 0 Å². The van der Waals surface area contributed by atoms with E-state index in [0.717, 1.165) is 12.0 Å². The smallest absolute Gasteiger partial charge is 0.270 e. The summed E-state index contributed by atoms with van der Waals surface area (Å²) in [7, 11) is 1.57. The molecule has 0 aliphatic rings. The molecule has 23 heavy (non-hydrogen) atoms. The number of nitrogens with zero attached hydrogens (tertiary/aromatic N) is 2. The second-order valence-electron chi connectivity index (χ2n) is 4.97. The number of aryl methyl sites for hydroxylation is 1. The van der Waals surface area contributed by atoms with Crippen molar-refractivity contribution in [2.45, 2.75) is 20.3 Å². The van der Waals surface area contributed by atoms with E-state index in [9.17, 15) is 4.79 Å². The van der Waals surface area contributed by atoms with Crippen molar-refractivity contribution < 1.29 is 9.53 Å². The Balaban J connectivity index is 2.24. The van der Waals surface area contributed by atoms with E-state index in [1.807, 2.05) is 19.9 Å². The van der Waals surface area contributed by atoms with Crippen LogP contribution in [0.15, 0.2) is 24.5 Å². The molecule has 2 N–H and O–H groups in total. The monoisotopic (exact) mass is 334 g/mol. The highest BCUT2D eigenvalue weighted by molar-refractivity contribution is 6.31. The van der Waals surface area contributed by atoms with Crippen LogP contribution >= 0.6 is 11.6 Å². The minimum Gasteiger partial charge on any atom is -0.495 e. The Morgan fingerprint density at radius 3 is 2.78 bits per heavy atom. The molecule has 1 amide bonds. The van der Waals surface area contributed by atoms with Crippen LogP contribution in [0.25, 0.3) is 0 Å². The number of hydrogen-bond acceptors (Lipinski definition) is 5. The standard InChI is InChI=1S/C16H19ClN4O2/c1-4-5-18-16(22)13-8-15(20-9-19-13)21-12-6-10(2)11(17)7-14(12)23-3/h6-9H,4-5H2,1-3H3,(H,18,22)(H,19,20,21). The van der Waals surface area contributed by atoms with Crippen LogP contribution in [0.4, 0.5) is 11.5 Å². The van der Waals surface area contributed by atoms with Gasteiger partial charge in [0.1, 0.15) is 23.6 Å². The SMILES string of the molecule is CCCNC(=O)c1cc(Nc2cc(C)c(Cl)cc2OC)ncn1. The fourth-order valence-electron chi connectivity index (χ4n) is 1.95. The zero-order chi connectivity index (χ0) is 16.8. The van der Waals surface area contributed by atoms with Gasteiger partial charge in [0.25, 0.3) is 5.91 Å². The second kappa shape index (κ2) is 7.78. The van der Waals surface area contributed by atoms with Crippen molar-refractivity contribution in [1.82, 2.24) is 15.3 Å². The topological polar surface area (TPSA) is 76.1 Å². The van der Waals surface area contributed by atoms with Crippen LogP contribution in [-0.4, -0.2) is 29.5 Å². The van der Waals surface area contributed by atoms with E-state index in [-0.39, 0.29) is 5.91 Å². The molecule has 0 saturated heterocycles. The van der Waals surface area contributed by atoms with Crippen molar-refractivity contribution in [2.75, 3.05) is 19.0 Å². The van der Waals surface area contributed by atoms with Crippen molar-refractivity contribution in [2.24, 2.45) is 0 Å². The number of benzene rings is 1. The maximum absolute atomic E-state index is 12.0. The quantitative estimate of drug-likeness (QED) is 0.847. The summed E-state index contributed by atoms with van der Waals surface area (Å²) in [4.78, 5) is 20.1. The summed E-state index contributed by atoms with van der Waals surface area (Å²) in [5, 5.41) is 6.53. The first kappa shape index (κ1) is 17.0. The average Bonchev–Trinajstić information content (AvgIpc) is 2.56. The van der Waals surface area contributed by atoms with Gasteiger partial charge >= 0.3 is 0 Å². The van der Waals surface area contributed by atoms with E-state index in [4.69, 9.17) is 16.3 Å². The summed E-state index contributed by atoms with van der Waals surface area (Å²) in [6.07, 6.45) is 2.21. The lowest BCUT2D eigenvalue weighted by atomic mass is 10.2. The summed E-state index contributed by atoms with van der Waals surface area (Å²) in [5.74, 6) is 0.870. The number of hydrogen-bond donors (Lipinski definition) is 2. The lowest BCUT2D eigenvalue weighted by molar-refractivity contribution is 0.0948. The van der Waals surface area contributed by atoms with Crippen molar-refractivity contribution in [3.05, 3.63) is 40.8 Å². The Morgan fingerprint density at radius 2 is 2.09 bits per heavy atom. The predicted octanol–water partition coefficient (Wildman–Crippen LogP) is 3.33. The third kappa shape index (κ3) is 4.32. The summed E-state index contributed by atoms with van der Waals surface area (Å²) < 4.78 is 5.31. The summed E-state index contributed by atoms with van der Waals surface area (Å²) in [5.41, 5.74) is 1.93. The third-order valence-corrected chi connectivity index (χ3v) is 3.59. The zero-order valence-electron chi connectivity index (χ0n) is 13.3. The molecule has 0 atom stereocenters. The van der Waals surface area contributed by atoms with Crippen molar-refractivity contribution in [3.8, 4) is 5.75 Å². The lowest BCUT2D eigenvalue weighted by Gasteiger charge is -2.13. The first-order valence-electron chi connectivity index (χ1n) is 7.26. The number of halogens is 1. The Bertz CT molecular complexity index is 706. The molecule has 2 aromatic rings. The number of carbonyl (C=O) groups is 1. The van der Waals surface area contributed by atoms with Crippen LogP contribution in [0, 0.1) is 6.92 Å². The number of carbonyl (C=O) groups excluding carboxylic acids is 1. The molecule has 6 nitrogen and oxygen atoms in total. The molecule has 1 aromatic carbocycles. The number of rotatable bonds is 6. The Hall–Kier alpha value is -2.34. The molecule has 1 heterocycles. The molecule has 2 rings (SSSR count). The van der Waals surface area contributed by atoms with E-state index < -0.39 is 0 Å². The molecule has 0 aliphatic heterocycles. The van der Waals surface area contributed by atoms with Gasteiger partial charge in [-0.3, -0.25) is 4.79 Å². The van der Waals surface area contributed by atoms with Gasteiger partial charge in [-0.1, -0.05) is 18.5 Å². The largest absolute Gasteiger partial charge is 0.495 e. The summed E-state index contributed by atoms with van der Waals surface area (Å²) in [6, 6.07) is 5.18. The molecule has 0 spiro atoms. The normalized spacial score (nSPS) is 10.3. The van der Waals surface area contributed by atoms with Gasteiger partial charge in [-0.05, 0) is 25.0 Å². The molecular weight excluding hydrogens is 316 g/mol. The molecule has 0 saturated carbocycles. The first-order chi connectivity index (χ1) is 11.0. The highest BCUT2D eigenvalue weighted by Crippen LogP contribution is 2.32. The molecule has 0 fully saturated rings. The van der Waals surface area contributed by atoms with E-state index in [0.29, 0.717) is 34.5 Å². The Labute approximate surface area is 140 Å². The second-order valence-corrected chi connectivity index (χ2v) is 5.38. The zero-order valence-corrected chi connectivity index (χ0v) is 14.1. The molecular formula is C16H19ClN4O2. The molecule has 1 aromatic heterocycles. The molecule has 0 aliphatic carbocycles. The number of methoxy groups -OCH3 is 1. The summed E-state index contributed by atoms with van der Waals surface area (Å²) >= 11 is 6.10. The highest BCUT2D eigenvalue weighted by atomic mass is 35.5. The Morgan fingerprint density at radius 1 is 1.30 bits per heavy atom. The number of amides is 1. The van der Waals surface area contributed by atoms with Crippen LogP contribution in [-0.2, 0) is 0 Å². The van der Waals surface area contributed by atoms with Gasteiger partial charge in [0, 0.05) is 23.7 Å². The van der Waals surface area contributed by atoms with Crippen LogP contribution in [0.3, 0.4) is 0 Å². The summed E-state index contributed by atoms with van der Waals surface area (Å²) in [6.45, 7) is 4.49. The van der Waals surface area contributed by atoms with Crippen molar-refractivity contribution >= 4 is 29.0 Å². The lowest BCUT2D eigenvalue weighted by Crippen LogP contribution is -2.25. The van der Waals surface area contributed by atoms with Crippen LogP contribution in [0.2, 0.25) is 5.02 Å². The Kier molecular flexibility index (Phi) is 5.76. The van der Waals surface area contributed by atoms with Gasteiger partial charge in [0.2, 0.25) is 0 Å². The van der Waals surface area contributed by atoms with Crippen LogP contribution in [0.1, 0.15) is 29.4 Å². The molecule has 0 radical (unpaired) electrons. The van der Waals surface area contributed by atoms with Crippen molar-refractivity contribution in [3.63, 3.8) is 0 Å². The van der Waals surface area contributed by atoms with E-state index in [1.54, 1.807) is 19.2 Å². The average molecular weight is 335 g/mol. The molecule has 0 unspecified atom stereocenters. The van der Waals surface area contributed by atoms with Gasteiger partial charge in [-0.2, -0.15) is 0 Å². The van der Waals surface area contributed by atoms with E-state index in [1.165, 1.54) is 6.33 Å². The molecule has 0 bridgehead atoms. The highest BCUT2D eigenvalue weighted by Gasteiger charge is 2.11. The van der Waals surface area contributed by atoms with Gasteiger partial charge < -0.3 is 15.4 Å². The number of nitrogens with one attached hydrogen (secondary N) is 2. The minimum absolute atomic E-state index is 0.225. The number of anilines is 2. The fraction of sp³-hybridized carbons (Fsp3) is 0.312. The number of aromatic nitrogens is 2. The minimum atomic E-state index is -0.225. The van der Waals surface area contributed by atoms with Crippen LogP contribution < -0.4 is 15.4 Å². The third-order valence-electron chi connectivity index (χ3n) is 3.18. The first-order valence-corrected chi connectivity index (χ1v) is 7.64. The molecule has 7 heteroatoms. The van der Waals surface area contributed by atoms with E-state index in [2.05, 4.69) is 20.6 Å². The van der Waals surface area contributed by atoms with Gasteiger partial charge in [-0.15, -0.1) is 0 Å². The maximum atomic E-state index is 12.0. The predicted molar refractivity (Wildman–Crippen MR) is 90.7 cm³/mol. The number of ether oxygens (including phenoxy) is 1. The fourth-order valence-corrected chi connectivity index (χ4v) is 2.10. The molecule has 122 valence electrons. The van der Waals surface area contributed by atoms with Gasteiger partial charge in [0.05, 0.1) is 12.8 Å². The van der Waals surface area contributed by atoms with Crippen molar-refractivity contribution in [1.29, 1.82) is 0 Å².